The van der Waals surface area contributed by atoms with Crippen LogP contribution in [0.4, 0.5) is 0 Å². The molecule has 1 atom stereocenters. The lowest BCUT2D eigenvalue weighted by atomic mass is 10.0. The molecule has 0 spiro atoms. The summed E-state index contributed by atoms with van der Waals surface area (Å²) < 4.78 is 0. The first-order valence-electron chi connectivity index (χ1n) is 4.35. The summed E-state index contributed by atoms with van der Waals surface area (Å²) in [6.45, 7) is 4.34. The van der Waals surface area contributed by atoms with E-state index in [2.05, 4.69) is 30.7 Å². The van der Waals surface area contributed by atoms with Gasteiger partial charge in [0.25, 0.3) is 0 Å². The highest BCUT2D eigenvalue weighted by atomic mass is 35.5. The zero-order valence-corrected chi connectivity index (χ0v) is 9.16. The third-order valence-electron chi connectivity index (χ3n) is 2.01. The summed E-state index contributed by atoms with van der Waals surface area (Å²) in [4.78, 5) is 0. The van der Waals surface area contributed by atoms with E-state index >= 15 is 0 Å². The van der Waals surface area contributed by atoms with Crippen molar-refractivity contribution >= 4 is 22.9 Å². The van der Waals surface area contributed by atoms with Crippen molar-refractivity contribution in [2.24, 2.45) is 5.92 Å². The van der Waals surface area contributed by atoms with Gasteiger partial charge in [0.05, 0.1) is 0 Å². The molecule has 1 rings (SSSR count). The van der Waals surface area contributed by atoms with Crippen LogP contribution in [-0.4, -0.2) is 5.38 Å². The molecule has 1 aromatic rings. The Bertz CT molecular complexity index is 204. The molecule has 0 fully saturated rings. The number of thiophene rings is 1. The van der Waals surface area contributed by atoms with E-state index < -0.39 is 0 Å². The Morgan fingerprint density at radius 1 is 1.50 bits per heavy atom. The maximum absolute atomic E-state index is 6.14. The van der Waals surface area contributed by atoms with E-state index in [1.807, 2.05) is 0 Å². The highest BCUT2D eigenvalue weighted by Crippen LogP contribution is 2.17. The zero-order valence-electron chi connectivity index (χ0n) is 7.59. The van der Waals surface area contributed by atoms with Crippen LogP contribution in [0.15, 0.2) is 16.8 Å². The maximum Gasteiger partial charge on any atom is 0.0362 e. The Hall–Kier alpha value is -0.0100. The number of alkyl halides is 1. The van der Waals surface area contributed by atoms with Crippen LogP contribution in [-0.2, 0) is 6.42 Å². The third-order valence-corrected chi connectivity index (χ3v) is 3.47. The van der Waals surface area contributed by atoms with Gasteiger partial charge in [0.1, 0.15) is 0 Å². The van der Waals surface area contributed by atoms with Crippen molar-refractivity contribution in [1.29, 1.82) is 0 Å². The minimum absolute atomic E-state index is 0.324. The fourth-order valence-electron chi connectivity index (χ4n) is 1.07. The highest BCUT2D eigenvalue weighted by molar-refractivity contribution is 7.07. The van der Waals surface area contributed by atoms with Crippen LogP contribution in [0.25, 0.3) is 0 Å². The SMILES string of the molecule is CC(C)C(Cl)CCc1ccsc1. The summed E-state index contributed by atoms with van der Waals surface area (Å²) in [5.74, 6) is 0.588. The summed E-state index contributed by atoms with van der Waals surface area (Å²) >= 11 is 7.89. The monoisotopic (exact) mass is 202 g/mol. The average Bonchev–Trinajstić information content (AvgIpc) is 2.51. The number of aryl methyl sites for hydroxylation is 1. The van der Waals surface area contributed by atoms with Crippen molar-refractivity contribution in [3.63, 3.8) is 0 Å². The first-order chi connectivity index (χ1) is 5.70. The summed E-state index contributed by atoms with van der Waals surface area (Å²) in [6.07, 6.45) is 2.21. The average molecular weight is 203 g/mol. The molecule has 68 valence electrons. The normalized spacial score (nSPS) is 13.7. The highest BCUT2D eigenvalue weighted by Gasteiger charge is 2.08. The van der Waals surface area contributed by atoms with Crippen LogP contribution in [0.1, 0.15) is 25.8 Å². The van der Waals surface area contributed by atoms with Gasteiger partial charge >= 0.3 is 0 Å². The molecule has 0 aliphatic carbocycles. The van der Waals surface area contributed by atoms with Crippen molar-refractivity contribution in [3.8, 4) is 0 Å². The van der Waals surface area contributed by atoms with Crippen molar-refractivity contribution < 1.29 is 0 Å². The minimum atomic E-state index is 0.324. The number of hydrogen-bond acceptors (Lipinski definition) is 1. The van der Waals surface area contributed by atoms with Crippen LogP contribution < -0.4 is 0 Å². The molecule has 0 nitrogen and oxygen atoms in total. The van der Waals surface area contributed by atoms with Crippen LogP contribution in [0, 0.1) is 5.92 Å². The van der Waals surface area contributed by atoms with Crippen molar-refractivity contribution in [3.05, 3.63) is 22.4 Å². The van der Waals surface area contributed by atoms with Crippen LogP contribution in [0.2, 0.25) is 0 Å². The van der Waals surface area contributed by atoms with E-state index in [1.165, 1.54) is 5.56 Å². The molecule has 0 saturated heterocycles. The fourth-order valence-corrected chi connectivity index (χ4v) is 1.89. The second kappa shape index (κ2) is 4.88. The summed E-state index contributed by atoms with van der Waals surface area (Å²) in [5, 5.41) is 4.64. The lowest BCUT2D eigenvalue weighted by Gasteiger charge is -2.11. The predicted molar refractivity (Wildman–Crippen MR) is 57.1 cm³/mol. The van der Waals surface area contributed by atoms with Crippen LogP contribution >= 0.6 is 22.9 Å². The molecule has 0 N–H and O–H groups in total. The lowest BCUT2D eigenvalue weighted by molar-refractivity contribution is 0.566. The van der Waals surface area contributed by atoms with E-state index in [1.54, 1.807) is 11.3 Å². The van der Waals surface area contributed by atoms with E-state index in [0.29, 0.717) is 11.3 Å². The quantitative estimate of drug-likeness (QED) is 0.649. The van der Waals surface area contributed by atoms with Gasteiger partial charge in [-0.2, -0.15) is 11.3 Å². The largest absolute Gasteiger partial charge is 0.152 e. The first kappa shape index (κ1) is 10.1. The molecule has 1 aromatic heterocycles. The Kier molecular flexibility index (Phi) is 4.10. The zero-order chi connectivity index (χ0) is 8.97. The van der Waals surface area contributed by atoms with Gasteiger partial charge in [-0.25, -0.2) is 0 Å². The summed E-state index contributed by atoms with van der Waals surface area (Å²) in [7, 11) is 0. The van der Waals surface area contributed by atoms with Gasteiger partial charge in [-0.15, -0.1) is 11.6 Å². The molecule has 1 unspecified atom stereocenters. The molecule has 0 aliphatic heterocycles. The number of halogens is 1. The van der Waals surface area contributed by atoms with E-state index in [0.717, 1.165) is 12.8 Å². The van der Waals surface area contributed by atoms with E-state index in [4.69, 9.17) is 11.6 Å². The van der Waals surface area contributed by atoms with Gasteiger partial charge in [0, 0.05) is 5.38 Å². The van der Waals surface area contributed by atoms with Crippen molar-refractivity contribution in [2.45, 2.75) is 32.1 Å². The van der Waals surface area contributed by atoms with Gasteiger partial charge in [-0.3, -0.25) is 0 Å². The van der Waals surface area contributed by atoms with Crippen LogP contribution in [0.5, 0.6) is 0 Å². The topological polar surface area (TPSA) is 0 Å². The molecular weight excluding hydrogens is 188 g/mol. The molecular formula is C10H15ClS. The molecule has 2 heteroatoms. The lowest BCUT2D eigenvalue weighted by Crippen LogP contribution is -2.08. The molecule has 0 aromatic carbocycles. The van der Waals surface area contributed by atoms with Crippen molar-refractivity contribution in [1.82, 2.24) is 0 Å². The Morgan fingerprint density at radius 2 is 2.25 bits per heavy atom. The summed E-state index contributed by atoms with van der Waals surface area (Å²) in [6, 6.07) is 2.18. The van der Waals surface area contributed by atoms with Crippen molar-refractivity contribution in [2.75, 3.05) is 0 Å². The third kappa shape index (κ3) is 3.16. The molecule has 0 bridgehead atoms. The van der Waals surface area contributed by atoms with Gasteiger partial charge in [0.15, 0.2) is 0 Å². The molecule has 12 heavy (non-hydrogen) atoms. The second-order valence-corrected chi connectivity index (χ2v) is 4.77. The predicted octanol–water partition coefficient (Wildman–Crippen LogP) is 3.94. The molecule has 0 aliphatic rings. The Morgan fingerprint density at radius 3 is 2.75 bits per heavy atom. The van der Waals surface area contributed by atoms with Gasteiger partial charge in [-0.05, 0) is 41.1 Å². The smallest absolute Gasteiger partial charge is 0.0362 e. The van der Waals surface area contributed by atoms with Crippen LogP contribution in [0.3, 0.4) is 0 Å². The second-order valence-electron chi connectivity index (χ2n) is 3.43. The molecule has 0 amide bonds. The van der Waals surface area contributed by atoms with Gasteiger partial charge in [0.2, 0.25) is 0 Å². The van der Waals surface area contributed by atoms with Gasteiger partial charge < -0.3 is 0 Å². The maximum atomic E-state index is 6.14. The summed E-state index contributed by atoms with van der Waals surface area (Å²) in [5.41, 5.74) is 1.42. The van der Waals surface area contributed by atoms with Gasteiger partial charge in [-0.1, -0.05) is 13.8 Å². The molecule has 0 saturated carbocycles. The Balaban J connectivity index is 2.27. The standard InChI is InChI=1S/C10H15ClS/c1-8(2)10(11)4-3-9-5-6-12-7-9/h5-8,10H,3-4H2,1-2H3. The number of hydrogen-bond donors (Lipinski definition) is 0. The fraction of sp³-hybridized carbons (Fsp3) is 0.600. The number of rotatable bonds is 4. The van der Waals surface area contributed by atoms with E-state index in [-0.39, 0.29) is 0 Å². The van der Waals surface area contributed by atoms with E-state index in [9.17, 15) is 0 Å². The minimum Gasteiger partial charge on any atom is -0.152 e. The molecule has 0 radical (unpaired) electrons. The first-order valence-corrected chi connectivity index (χ1v) is 5.73. The molecule has 1 heterocycles. The Labute approximate surface area is 83.6 Å².